The minimum Gasteiger partial charge on any atom is -0.376 e. The van der Waals surface area contributed by atoms with Gasteiger partial charge < -0.3 is 15.2 Å². The highest BCUT2D eigenvalue weighted by atomic mass is 16.1. The monoisotopic (exact) mass is 389 g/mol. The smallest absolute Gasteiger partial charge is 0.152 e. The lowest BCUT2D eigenvalue weighted by atomic mass is 9.92. The lowest BCUT2D eigenvalue weighted by molar-refractivity contribution is -0.118. The number of benzene rings is 1. The van der Waals surface area contributed by atoms with Crippen molar-refractivity contribution in [2.75, 3.05) is 29.9 Å². The molecule has 0 bridgehead atoms. The number of fused-ring (bicyclic) bond motifs is 2. The van der Waals surface area contributed by atoms with Gasteiger partial charge in [0.15, 0.2) is 5.78 Å². The van der Waals surface area contributed by atoms with Gasteiger partial charge in [-0.1, -0.05) is 12.1 Å². The van der Waals surface area contributed by atoms with E-state index in [1.54, 1.807) is 12.5 Å². The Hall–Kier alpha value is -3.42. The van der Waals surface area contributed by atoms with Gasteiger partial charge in [0.1, 0.15) is 17.8 Å². The summed E-state index contributed by atoms with van der Waals surface area (Å²) in [6, 6.07) is 7.94. The number of piperidine rings is 1. The van der Waals surface area contributed by atoms with E-state index in [-0.39, 0.29) is 5.78 Å². The largest absolute Gasteiger partial charge is 0.376 e. The molecule has 8 heteroatoms. The maximum Gasteiger partial charge on any atom is 0.152 e. The average Bonchev–Trinajstić information content (AvgIpc) is 3.41. The predicted octanol–water partition coefficient (Wildman–Crippen LogP) is 3.12. The van der Waals surface area contributed by atoms with Crippen LogP contribution in [0.5, 0.6) is 0 Å². The molecule has 0 aliphatic carbocycles. The van der Waals surface area contributed by atoms with E-state index in [0.29, 0.717) is 18.9 Å². The molecule has 3 aromatic heterocycles. The van der Waals surface area contributed by atoms with Crippen molar-refractivity contribution in [3.05, 3.63) is 43.0 Å². The van der Waals surface area contributed by atoms with Crippen molar-refractivity contribution in [2.24, 2.45) is 5.92 Å². The fraction of sp³-hybridized carbons (Fsp3) is 0.333. The van der Waals surface area contributed by atoms with E-state index in [4.69, 9.17) is 0 Å². The van der Waals surface area contributed by atoms with Crippen LogP contribution in [0.2, 0.25) is 0 Å². The average molecular weight is 389 g/mol. The summed E-state index contributed by atoms with van der Waals surface area (Å²) in [6.07, 6.45) is 7.98. The summed E-state index contributed by atoms with van der Waals surface area (Å²) >= 11 is 0. The van der Waals surface area contributed by atoms with Crippen LogP contribution in [-0.4, -0.2) is 50.6 Å². The second kappa shape index (κ2) is 7.54. The van der Waals surface area contributed by atoms with Gasteiger partial charge in [-0.05, 0) is 30.9 Å². The highest BCUT2D eigenvalue weighted by molar-refractivity contribution is 5.92. The van der Waals surface area contributed by atoms with Gasteiger partial charge in [0.05, 0.1) is 29.3 Å². The van der Waals surface area contributed by atoms with Gasteiger partial charge >= 0.3 is 0 Å². The zero-order chi connectivity index (χ0) is 19.6. The lowest BCUT2D eigenvalue weighted by Gasteiger charge is -2.33. The third kappa shape index (κ3) is 3.53. The molecule has 0 saturated carbocycles. The molecule has 1 atom stereocenters. The van der Waals surface area contributed by atoms with Gasteiger partial charge in [0.25, 0.3) is 0 Å². The number of hydrogen-bond donors (Lipinski definition) is 3. The zero-order valence-electron chi connectivity index (χ0n) is 16.1. The number of carbonyl (C=O) groups excluding carboxylic acids is 1. The van der Waals surface area contributed by atoms with Crippen molar-refractivity contribution in [1.29, 1.82) is 0 Å². The summed E-state index contributed by atoms with van der Waals surface area (Å²) in [5.74, 6) is 1.52. The number of H-pyrrole nitrogens is 2. The van der Waals surface area contributed by atoms with Crippen molar-refractivity contribution in [1.82, 2.24) is 25.1 Å². The Bertz CT molecular complexity index is 1150. The molecule has 5 rings (SSSR count). The molecule has 1 aromatic carbocycles. The summed E-state index contributed by atoms with van der Waals surface area (Å²) in [6.45, 7) is 2.13. The third-order valence-electron chi connectivity index (χ3n) is 5.62. The first-order chi connectivity index (χ1) is 14.3. The zero-order valence-corrected chi connectivity index (χ0v) is 16.1. The maximum absolute atomic E-state index is 12.6. The number of rotatable bonds is 6. The normalized spacial score (nSPS) is 17.1. The minimum absolute atomic E-state index is 0.225. The molecule has 1 saturated heterocycles. The van der Waals surface area contributed by atoms with E-state index in [0.717, 1.165) is 59.4 Å². The van der Waals surface area contributed by atoms with Crippen molar-refractivity contribution in [2.45, 2.75) is 19.3 Å². The van der Waals surface area contributed by atoms with Crippen LogP contribution in [0.1, 0.15) is 19.3 Å². The van der Waals surface area contributed by atoms with Crippen LogP contribution in [-0.2, 0) is 4.79 Å². The number of para-hydroxylation sites is 1. The molecule has 1 unspecified atom stereocenters. The fourth-order valence-electron chi connectivity index (χ4n) is 4.24. The number of hydrogen-bond acceptors (Lipinski definition) is 6. The van der Waals surface area contributed by atoms with E-state index in [1.165, 1.54) is 0 Å². The van der Waals surface area contributed by atoms with E-state index in [2.05, 4.69) is 35.4 Å². The Morgan fingerprint density at radius 1 is 1.28 bits per heavy atom. The molecular formula is C21H23N7O. The van der Waals surface area contributed by atoms with Crippen LogP contribution in [0.3, 0.4) is 0 Å². The van der Waals surface area contributed by atoms with Gasteiger partial charge in [0.2, 0.25) is 0 Å². The first-order valence-electron chi connectivity index (χ1n) is 9.98. The molecular weight excluding hydrogens is 366 g/mol. The highest BCUT2D eigenvalue weighted by Crippen LogP contribution is 2.28. The first kappa shape index (κ1) is 17.7. The molecule has 1 aliphatic rings. The summed E-state index contributed by atoms with van der Waals surface area (Å²) in [5, 5.41) is 12.4. The summed E-state index contributed by atoms with van der Waals surface area (Å²) < 4.78 is 0. The van der Waals surface area contributed by atoms with Crippen LogP contribution in [0, 0.1) is 5.92 Å². The van der Waals surface area contributed by atoms with E-state index < -0.39 is 0 Å². The SMILES string of the molecule is O=C(CNc1cccc2cn[nH]c12)CC1CCCN(c2ncnc3[nH]ccc23)C1. The predicted molar refractivity (Wildman–Crippen MR) is 113 cm³/mol. The van der Waals surface area contributed by atoms with Crippen LogP contribution >= 0.6 is 0 Å². The number of anilines is 2. The third-order valence-corrected chi connectivity index (χ3v) is 5.62. The van der Waals surface area contributed by atoms with Crippen LogP contribution in [0.25, 0.3) is 21.9 Å². The Balaban J connectivity index is 1.22. The number of carbonyl (C=O) groups is 1. The van der Waals surface area contributed by atoms with Crippen molar-refractivity contribution in [3.63, 3.8) is 0 Å². The molecule has 148 valence electrons. The van der Waals surface area contributed by atoms with Crippen molar-refractivity contribution in [3.8, 4) is 0 Å². The molecule has 1 aliphatic heterocycles. The molecule has 29 heavy (non-hydrogen) atoms. The molecule has 3 N–H and O–H groups in total. The number of nitrogens with one attached hydrogen (secondary N) is 3. The van der Waals surface area contributed by atoms with Gasteiger partial charge in [-0.15, -0.1) is 0 Å². The second-order valence-corrected chi connectivity index (χ2v) is 7.63. The Morgan fingerprint density at radius 3 is 3.21 bits per heavy atom. The van der Waals surface area contributed by atoms with Crippen molar-refractivity contribution >= 4 is 39.2 Å². The Kier molecular flexibility index (Phi) is 4.59. The summed E-state index contributed by atoms with van der Waals surface area (Å²) in [7, 11) is 0. The number of Topliss-reactive ketones (excluding diaryl/α,β-unsaturated/α-hetero) is 1. The standard InChI is InChI=1S/C21H23N7O/c29-16(11-23-18-5-1-4-15-10-26-27-19(15)18)9-14-3-2-8-28(12-14)21-17-6-7-22-20(17)24-13-25-21/h1,4-7,10,13-14,23H,2-3,8-9,11-12H2,(H,26,27)(H,22,24,25). The van der Waals surface area contributed by atoms with Crippen molar-refractivity contribution < 1.29 is 4.79 Å². The number of ketones is 1. The molecule has 0 spiro atoms. The van der Waals surface area contributed by atoms with Gasteiger partial charge in [-0.25, -0.2) is 9.97 Å². The molecule has 0 amide bonds. The van der Waals surface area contributed by atoms with Crippen LogP contribution in [0.4, 0.5) is 11.5 Å². The van der Waals surface area contributed by atoms with E-state index in [9.17, 15) is 4.79 Å². The first-order valence-corrected chi connectivity index (χ1v) is 9.98. The highest BCUT2D eigenvalue weighted by Gasteiger charge is 2.24. The maximum atomic E-state index is 12.6. The fourth-order valence-corrected chi connectivity index (χ4v) is 4.24. The van der Waals surface area contributed by atoms with Gasteiger partial charge in [-0.2, -0.15) is 5.10 Å². The number of aromatic amines is 2. The van der Waals surface area contributed by atoms with Crippen LogP contribution in [0.15, 0.2) is 43.0 Å². The number of aromatic nitrogens is 5. The molecule has 8 nitrogen and oxygen atoms in total. The van der Waals surface area contributed by atoms with E-state index in [1.807, 2.05) is 30.5 Å². The minimum atomic E-state index is 0.225. The molecule has 4 aromatic rings. The quantitative estimate of drug-likeness (QED) is 0.468. The number of nitrogens with zero attached hydrogens (tertiary/aromatic N) is 4. The lowest BCUT2D eigenvalue weighted by Crippen LogP contribution is -2.37. The summed E-state index contributed by atoms with van der Waals surface area (Å²) in [5.41, 5.74) is 2.70. The van der Waals surface area contributed by atoms with Crippen LogP contribution < -0.4 is 10.2 Å². The Labute approximate surface area is 167 Å². The summed E-state index contributed by atoms with van der Waals surface area (Å²) in [4.78, 5) is 26.8. The topological polar surface area (TPSA) is 103 Å². The molecule has 4 heterocycles. The second-order valence-electron chi connectivity index (χ2n) is 7.63. The van der Waals surface area contributed by atoms with E-state index >= 15 is 0 Å². The Morgan fingerprint density at radius 2 is 2.24 bits per heavy atom. The van der Waals surface area contributed by atoms with Gasteiger partial charge in [0, 0.05) is 31.1 Å². The van der Waals surface area contributed by atoms with Gasteiger partial charge in [-0.3, -0.25) is 9.89 Å². The molecule has 0 radical (unpaired) electrons. The molecule has 1 fully saturated rings.